The molecule has 2 aromatic heterocycles. The van der Waals surface area contributed by atoms with Crippen LogP contribution >= 0.6 is 11.8 Å². The van der Waals surface area contributed by atoms with E-state index in [0.29, 0.717) is 22.4 Å². The quantitative estimate of drug-likeness (QED) is 0.386. The molecule has 6 nitrogen and oxygen atoms in total. The molecule has 0 amide bonds. The van der Waals surface area contributed by atoms with E-state index in [4.69, 9.17) is 9.15 Å². The zero-order valence-electron chi connectivity index (χ0n) is 15.8. The Labute approximate surface area is 171 Å². The molecule has 152 valence electrons. The van der Waals surface area contributed by atoms with Gasteiger partial charge in [-0.15, -0.1) is 10.2 Å². The lowest BCUT2D eigenvalue weighted by molar-refractivity contribution is 0.135. The van der Waals surface area contributed by atoms with Crippen LogP contribution < -0.4 is 4.74 Å². The number of halogens is 2. The normalized spacial score (nSPS) is 13.5. The minimum Gasteiger partial charge on any atom is -0.486 e. The molecule has 0 saturated heterocycles. The van der Waals surface area contributed by atoms with Gasteiger partial charge in [0.15, 0.2) is 0 Å². The first kappa shape index (κ1) is 19.6. The van der Waals surface area contributed by atoms with Gasteiger partial charge in [0, 0.05) is 0 Å². The van der Waals surface area contributed by atoms with Gasteiger partial charge in [-0.25, -0.2) is 8.78 Å². The number of fused-ring (bicyclic) bond motifs is 1. The summed E-state index contributed by atoms with van der Waals surface area (Å²) in [5.74, 6) is 2.03. The summed E-state index contributed by atoms with van der Waals surface area (Å²) in [6.45, 7) is 2.17. The molecule has 0 saturated carbocycles. The summed E-state index contributed by atoms with van der Waals surface area (Å²) in [7, 11) is 0. The van der Waals surface area contributed by atoms with E-state index in [1.165, 1.54) is 35.5 Å². The molecule has 29 heavy (non-hydrogen) atoms. The van der Waals surface area contributed by atoms with Crippen molar-refractivity contribution in [2.75, 3.05) is 5.75 Å². The van der Waals surface area contributed by atoms with Gasteiger partial charge in [-0.2, -0.15) is 9.78 Å². The zero-order chi connectivity index (χ0) is 20.2. The lowest BCUT2D eigenvalue weighted by atomic mass is 10.1. The molecule has 1 aliphatic carbocycles. The second-order valence-electron chi connectivity index (χ2n) is 6.51. The van der Waals surface area contributed by atoms with Crippen LogP contribution in [0, 0.1) is 0 Å². The predicted molar refractivity (Wildman–Crippen MR) is 106 cm³/mol. The van der Waals surface area contributed by atoms with Crippen molar-refractivity contribution in [3.63, 3.8) is 0 Å². The van der Waals surface area contributed by atoms with E-state index in [0.717, 1.165) is 23.3 Å². The van der Waals surface area contributed by atoms with Crippen molar-refractivity contribution in [3.8, 4) is 5.75 Å². The summed E-state index contributed by atoms with van der Waals surface area (Å²) in [4.78, 5) is 0. The van der Waals surface area contributed by atoms with Crippen LogP contribution in [0.1, 0.15) is 48.2 Å². The van der Waals surface area contributed by atoms with Crippen molar-refractivity contribution < 1.29 is 17.9 Å². The van der Waals surface area contributed by atoms with Crippen LogP contribution in [0.2, 0.25) is 0 Å². The monoisotopic (exact) mass is 418 g/mol. The van der Waals surface area contributed by atoms with E-state index >= 15 is 0 Å². The highest BCUT2D eigenvalue weighted by molar-refractivity contribution is 7.99. The van der Waals surface area contributed by atoms with Crippen molar-refractivity contribution in [1.82, 2.24) is 14.9 Å². The van der Waals surface area contributed by atoms with Crippen LogP contribution in [0.25, 0.3) is 0 Å². The Morgan fingerprint density at radius 3 is 2.93 bits per heavy atom. The summed E-state index contributed by atoms with van der Waals surface area (Å²) in [5, 5.41) is 11.7. The van der Waals surface area contributed by atoms with Crippen molar-refractivity contribution in [3.05, 3.63) is 58.8 Å². The molecule has 2 heterocycles. The second kappa shape index (κ2) is 8.77. The van der Waals surface area contributed by atoms with Gasteiger partial charge >= 0.3 is 0 Å². The van der Waals surface area contributed by atoms with Gasteiger partial charge in [-0.1, -0.05) is 24.8 Å². The van der Waals surface area contributed by atoms with Crippen molar-refractivity contribution in [2.24, 2.45) is 5.10 Å². The molecule has 1 aromatic carbocycles. The number of rotatable bonds is 8. The molecule has 0 atom stereocenters. The predicted octanol–water partition coefficient (Wildman–Crippen LogP) is 4.87. The molecule has 0 spiro atoms. The van der Waals surface area contributed by atoms with Gasteiger partial charge in [0.2, 0.25) is 11.0 Å². The first-order chi connectivity index (χ1) is 14.1. The van der Waals surface area contributed by atoms with Crippen LogP contribution in [-0.4, -0.2) is 26.8 Å². The van der Waals surface area contributed by atoms with E-state index in [1.54, 1.807) is 12.1 Å². The fourth-order valence-electron chi connectivity index (χ4n) is 3.19. The Bertz CT molecular complexity index is 1020. The molecule has 9 heteroatoms. The lowest BCUT2D eigenvalue weighted by Crippen LogP contribution is -2.00. The lowest BCUT2D eigenvalue weighted by Gasteiger charge is -2.06. The van der Waals surface area contributed by atoms with Crippen molar-refractivity contribution >= 4 is 18.0 Å². The molecule has 1 aliphatic rings. The summed E-state index contributed by atoms with van der Waals surface area (Å²) < 4.78 is 38.8. The van der Waals surface area contributed by atoms with E-state index < -0.39 is 12.2 Å². The Balaban J connectivity index is 1.42. The average Bonchev–Trinajstić information content (AvgIpc) is 3.44. The molecule has 0 aliphatic heterocycles. The number of hydrogen-bond donors (Lipinski definition) is 0. The van der Waals surface area contributed by atoms with Gasteiger partial charge in [0.05, 0.1) is 6.21 Å². The number of ether oxygens (including phenoxy) is 1. The minimum absolute atomic E-state index is 0.276. The molecule has 0 N–H and O–H groups in total. The third-order valence-electron chi connectivity index (χ3n) is 4.54. The molecule has 3 aromatic rings. The van der Waals surface area contributed by atoms with Crippen LogP contribution in [0.5, 0.6) is 5.75 Å². The number of alkyl halides is 2. The summed E-state index contributed by atoms with van der Waals surface area (Å²) >= 11 is 1.29. The van der Waals surface area contributed by atoms with Gasteiger partial charge in [-0.3, -0.25) is 0 Å². The van der Waals surface area contributed by atoms with Crippen LogP contribution in [0.15, 0.2) is 45.0 Å². The maximum atomic E-state index is 13.1. The van der Waals surface area contributed by atoms with E-state index in [1.807, 2.05) is 13.0 Å². The summed E-state index contributed by atoms with van der Waals surface area (Å²) in [6, 6.07) is 9.66. The van der Waals surface area contributed by atoms with E-state index in [2.05, 4.69) is 27.4 Å². The van der Waals surface area contributed by atoms with Gasteiger partial charge < -0.3 is 9.15 Å². The van der Waals surface area contributed by atoms with Crippen LogP contribution in [0.4, 0.5) is 8.78 Å². The molecular weight excluding hydrogens is 398 g/mol. The topological polar surface area (TPSA) is 65.4 Å². The molecule has 0 bridgehead atoms. The van der Waals surface area contributed by atoms with Crippen LogP contribution in [-0.2, 0) is 19.4 Å². The second-order valence-corrected chi connectivity index (χ2v) is 7.74. The fraction of sp³-hybridized carbons (Fsp3) is 0.350. The van der Waals surface area contributed by atoms with Gasteiger partial charge in [0.25, 0.3) is 6.43 Å². The molecule has 0 unspecified atom stereocenters. The Morgan fingerprint density at radius 1 is 1.24 bits per heavy atom. The molecule has 4 rings (SSSR count). The standard InChI is InChI=1S/C20H20F2N4O2S/c1-2-29-20-25-24-19(18(21)22)26(20)23-11-16-8-9-17(28-16)12-27-15-7-6-13-4-3-5-14(13)10-15/h6-11,18H,2-5,12H2,1H3/b23-11-. The number of aromatic nitrogens is 3. The Kier molecular flexibility index (Phi) is 5.94. The largest absolute Gasteiger partial charge is 0.486 e. The van der Waals surface area contributed by atoms with Crippen LogP contribution in [0.3, 0.4) is 0 Å². The first-order valence-corrected chi connectivity index (χ1v) is 10.4. The number of hydrogen-bond acceptors (Lipinski definition) is 6. The zero-order valence-corrected chi connectivity index (χ0v) is 16.7. The minimum atomic E-state index is -2.77. The Hall–Kier alpha value is -2.68. The fourth-order valence-corrected chi connectivity index (χ4v) is 3.81. The maximum Gasteiger partial charge on any atom is 0.299 e. The SMILES string of the molecule is CCSc1nnc(C(F)F)n1/N=C\c1ccc(COc2ccc3c(c2)CCC3)o1. The summed E-state index contributed by atoms with van der Waals surface area (Å²) in [6.07, 6.45) is 2.02. The smallest absolute Gasteiger partial charge is 0.299 e. The van der Waals surface area contributed by atoms with Gasteiger partial charge in [0.1, 0.15) is 23.9 Å². The third kappa shape index (κ3) is 4.50. The van der Waals surface area contributed by atoms with Crippen molar-refractivity contribution in [2.45, 2.75) is 44.4 Å². The first-order valence-electron chi connectivity index (χ1n) is 9.38. The third-order valence-corrected chi connectivity index (χ3v) is 5.34. The summed E-state index contributed by atoms with van der Waals surface area (Å²) in [5.41, 5.74) is 2.74. The number of furan rings is 1. The Morgan fingerprint density at radius 2 is 2.10 bits per heavy atom. The highest BCUT2D eigenvalue weighted by Crippen LogP contribution is 2.27. The molecule has 0 radical (unpaired) electrons. The maximum absolute atomic E-state index is 13.1. The number of aryl methyl sites for hydroxylation is 2. The van der Waals surface area contributed by atoms with E-state index in [9.17, 15) is 8.78 Å². The number of thioether (sulfide) groups is 1. The highest BCUT2D eigenvalue weighted by atomic mass is 32.2. The average molecular weight is 418 g/mol. The molecule has 0 fully saturated rings. The van der Waals surface area contributed by atoms with Crippen molar-refractivity contribution in [1.29, 1.82) is 0 Å². The van der Waals surface area contributed by atoms with Gasteiger partial charge in [-0.05, 0) is 60.4 Å². The highest BCUT2D eigenvalue weighted by Gasteiger charge is 2.20. The number of nitrogens with zero attached hydrogens (tertiary/aromatic N) is 4. The van der Waals surface area contributed by atoms with E-state index in [-0.39, 0.29) is 6.61 Å². The number of benzene rings is 1. The molecular formula is C20H20F2N4O2S.